The van der Waals surface area contributed by atoms with Gasteiger partial charge in [-0.15, -0.1) is 5.10 Å². The lowest BCUT2D eigenvalue weighted by molar-refractivity contribution is 0.101. The van der Waals surface area contributed by atoms with Crippen LogP contribution in [0.3, 0.4) is 0 Å². The highest BCUT2D eigenvalue weighted by Gasteiger charge is 2.14. The number of hydrogen-bond donors (Lipinski definition) is 2. The number of nitrogens with zero attached hydrogens (tertiary/aromatic N) is 3. The molecule has 0 radical (unpaired) electrons. The van der Waals surface area contributed by atoms with Crippen LogP contribution in [0.25, 0.3) is 0 Å². The van der Waals surface area contributed by atoms with E-state index in [-0.39, 0.29) is 17.6 Å². The van der Waals surface area contributed by atoms with Crippen molar-refractivity contribution in [3.05, 3.63) is 35.7 Å². The third kappa shape index (κ3) is 2.71. The van der Waals surface area contributed by atoms with Gasteiger partial charge in [-0.3, -0.25) is 14.9 Å². The van der Waals surface area contributed by atoms with Crippen LogP contribution in [0.1, 0.15) is 41.8 Å². The van der Waals surface area contributed by atoms with Crippen molar-refractivity contribution >= 4 is 11.6 Å². The summed E-state index contributed by atoms with van der Waals surface area (Å²) < 4.78 is 0. The first-order chi connectivity index (χ1) is 8.56. The number of aromatic nitrogens is 4. The molecule has 0 saturated carbocycles. The molecule has 0 aliphatic carbocycles. The van der Waals surface area contributed by atoms with E-state index in [0.29, 0.717) is 11.5 Å². The summed E-state index contributed by atoms with van der Waals surface area (Å²) in [6, 6.07) is 1.83. The van der Waals surface area contributed by atoms with Gasteiger partial charge in [0, 0.05) is 12.1 Å². The molecule has 2 aromatic rings. The smallest absolute Gasteiger partial charge is 0.295 e. The highest BCUT2D eigenvalue weighted by molar-refractivity contribution is 6.01. The van der Waals surface area contributed by atoms with E-state index in [1.165, 1.54) is 0 Å². The van der Waals surface area contributed by atoms with Crippen LogP contribution in [-0.4, -0.2) is 26.1 Å². The summed E-state index contributed by atoms with van der Waals surface area (Å²) >= 11 is 0. The summed E-state index contributed by atoms with van der Waals surface area (Å²) in [5.74, 6) is 0.702. The second-order valence-electron chi connectivity index (χ2n) is 4.40. The number of amides is 1. The molecule has 0 atom stereocenters. The van der Waals surface area contributed by atoms with Crippen LogP contribution in [0.2, 0.25) is 0 Å². The van der Waals surface area contributed by atoms with Crippen LogP contribution in [-0.2, 0) is 0 Å². The maximum Gasteiger partial charge on any atom is 0.295 e. The van der Waals surface area contributed by atoms with Crippen molar-refractivity contribution in [2.75, 3.05) is 5.32 Å². The Hall–Kier alpha value is -2.24. The number of rotatable bonds is 3. The number of pyridine rings is 1. The van der Waals surface area contributed by atoms with Crippen molar-refractivity contribution in [2.45, 2.75) is 26.7 Å². The van der Waals surface area contributed by atoms with E-state index in [9.17, 15) is 4.79 Å². The topological polar surface area (TPSA) is 83.6 Å². The number of carbonyl (C=O) groups excluding carboxylic acids is 1. The van der Waals surface area contributed by atoms with E-state index >= 15 is 0 Å². The Kier molecular flexibility index (Phi) is 3.36. The summed E-state index contributed by atoms with van der Waals surface area (Å²) in [5.41, 5.74) is 1.61. The van der Waals surface area contributed by atoms with E-state index in [2.05, 4.69) is 25.5 Å². The zero-order valence-corrected chi connectivity index (χ0v) is 10.6. The molecule has 0 spiro atoms. The highest BCUT2D eigenvalue weighted by Crippen LogP contribution is 2.10. The fourth-order valence-electron chi connectivity index (χ4n) is 1.44. The second kappa shape index (κ2) is 4.95. The number of hydrogen-bond acceptors (Lipinski definition) is 4. The van der Waals surface area contributed by atoms with Gasteiger partial charge < -0.3 is 5.32 Å². The SMILES string of the molecule is Cc1cncc(NC(=O)c2n[nH]c(C(C)C)n2)c1. The molecule has 6 heteroatoms. The van der Waals surface area contributed by atoms with E-state index in [0.717, 1.165) is 5.56 Å². The minimum absolute atomic E-state index is 0.139. The zero-order chi connectivity index (χ0) is 13.1. The fraction of sp³-hybridized carbons (Fsp3) is 0.333. The minimum Gasteiger partial charge on any atom is -0.318 e. The van der Waals surface area contributed by atoms with E-state index < -0.39 is 0 Å². The van der Waals surface area contributed by atoms with Gasteiger partial charge in [0.25, 0.3) is 5.91 Å². The summed E-state index contributed by atoms with van der Waals surface area (Å²) in [6.07, 6.45) is 3.31. The fourth-order valence-corrected chi connectivity index (χ4v) is 1.44. The molecule has 0 aliphatic rings. The first kappa shape index (κ1) is 12.2. The van der Waals surface area contributed by atoms with Crippen molar-refractivity contribution in [3.8, 4) is 0 Å². The Morgan fingerprint density at radius 2 is 2.17 bits per heavy atom. The van der Waals surface area contributed by atoms with Gasteiger partial charge >= 0.3 is 0 Å². The summed E-state index contributed by atoms with van der Waals surface area (Å²) in [4.78, 5) is 20.0. The van der Waals surface area contributed by atoms with Gasteiger partial charge in [0.05, 0.1) is 11.9 Å². The van der Waals surface area contributed by atoms with Gasteiger partial charge in [-0.25, -0.2) is 4.98 Å². The molecule has 18 heavy (non-hydrogen) atoms. The molecule has 2 aromatic heterocycles. The van der Waals surface area contributed by atoms with Gasteiger partial charge in [0.1, 0.15) is 5.82 Å². The molecule has 94 valence electrons. The van der Waals surface area contributed by atoms with Crippen LogP contribution in [0, 0.1) is 6.92 Å². The van der Waals surface area contributed by atoms with Gasteiger partial charge in [-0.1, -0.05) is 13.8 Å². The first-order valence-corrected chi connectivity index (χ1v) is 5.71. The Morgan fingerprint density at radius 3 is 2.78 bits per heavy atom. The van der Waals surface area contributed by atoms with E-state index in [1.807, 2.05) is 26.8 Å². The molecule has 2 rings (SSSR count). The normalized spacial score (nSPS) is 10.7. The third-order valence-corrected chi connectivity index (χ3v) is 2.39. The molecule has 0 unspecified atom stereocenters. The lowest BCUT2D eigenvalue weighted by Gasteiger charge is -2.02. The lowest BCUT2D eigenvalue weighted by atomic mass is 10.2. The predicted molar refractivity (Wildman–Crippen MR) is 67.4 cm³/mol. The molecule has 0 aromatic carbocycles. The van der Waals surface area contributed by atoms with Crippen LogP contribution in [0.4, 0.5) is 5.69 Å². The Labute approximate surface area is 105 Å². The maximum atomic E-state index is 11.9. The number of H-pyrrole nitrogens is 1. The maximum absolute atomic E-state index is 11.9. The zero-order valence-electron chi connectivity index (χ0n) is 10.6. The summed E-state index contributed by atoms with van der Waals surface area (Å²) in [6.45, 7) is 5.87. The van der Waals surface area contributed by atoms with Gasteiger partial charge in [0.2, 0.25) is 5.82 Å². The number of aryl methyl sites for hydroxylation is 1. The number of carbonyl (C=O) groups is 1. The molecule has 6 nitrogen and oxygen atoms in total. The second-order valence-corrected chi connectivity index (χ2v) is 4.40. The third-order valence-electron chi connectivity index (χ3n) is 2.39. The molecular weight excluding hydrogens is 230 g/mol. The number of anilines is 1. The van der Waals surface area contributed by atoms with Gasteiger partial charge in [-0.2, -0.15) is 0 Å². The number of nitrogens with one attached hydrogen (secondary N) is 2. The van der Waals surface area contributed by atoms with Crippen molar-refractivity contribution in [1.29, 1.82) is 0 Å². The van der Waals surface area contributed by atoms with Crippen LogP contribution >= 0.6 is 0 Å². The average molecular weight is 245 g/mol. The molecule has 0 saturated heterocycles. The van der Waals surface area contributed by atoms with Gasteiger partial charge in [-0.05, 0) is 18.6 Å². The number of aromatic amines is 1. The van der Waals surface area contributed by atoms with Crippen molar-refractivity contribution < 1.29 is 4.79 Å². The van der Waals surface area contributed by atoms with Crippen molar-refractivity contribution in [1.82, 2.24) is 20.2 Å². The molecule has 0 fully saturated rings. The van der Waals surface area contributed by atoms with Gasteiger partial charge in [0.15, 0.2) is 0 Å². The van der Waals surface area contributed by atoms with Crippen molar-refractivity contribution in [3.63, 3.8) is 0 Å². The highest BCUT2D eigenvalue weighted by atomic mass is 16.2. The predicted octanol–water partition coefficient (Wildman–Crippen LogP) is 1.88. The molecule has 2 N–H and O–H groups in total. The summed E-state index contributed by atoms with van der Waals surface area (Å²) in [5, 5.41) is 9.34. The first-order valence-electron chi connectivity index (χ1n) is 5.71. The molecular formula is C12H15N5O. The molecule has 1 amide bonds. The standard InChI is InChI=1S/C12H15N5O/c1-7(2)10-15-11(17-16-10)12(18)14-9-4-8(3)5-13-6-9/h4-7H,1-3H3,(H,14,18)(H,15,16,17). The Bertz CT molecular complexity index is 561. The van der Waals surface area contributed by atoms with Crippen LogP contribution in [0.5, 0.6) is 0 Å². The molecule has 2 heterocycles. The molecule has 0 bridgehead atoms. The Balaban J connectivity index is 2.12. The van der Waals surface area contributed by atoms with Crippen LogP contribution in [0.15, 0.2) is 18.5 Å². The monoisotopic (exact) mass is 245 g/mol. The van der Waals surface area contributed by atoms with Crippen molar-refractivity contribution in [2.24, 2.45) is 0 Å². The lowest BCUT2D eigenvalue weighted by Crippen LogP contribution is -2.14. The average Bonchev–Trinajstić information content (AvgIpc) is 2.78. The summed E-state index contributed by atoms with van der Waals surface area (Å²) in [7, 11) is 0. The minimum atomic E-state index is -0.342. The Morgan fingerprint density at radius 1 is 1.39 bits per heavy atom. The van der Waals surface area contributed by atoms with E-state index in [1.54, 1.807) is 12.4 Å². The largest absolute Gasteiger partial charge is 0.318 e. The quantitative estimate of drug-likeness (QED) is 0.864. The molecule has 0 aliphatic heterocycles. The van der Waals surface area contributed by atoms with Crippen LogP contribution < -0.4 is 5.32 Å². The van der Waals surface area contributed by atoms with E-state index in [4.69, 9.17) is 0 Å².